The number of amides is 1. The second-order valence-corrected chi connectivity index (χ2v) is 4.48. The number of benzene rings is 1. The minimum absolute atomic E-state index is 0.164. The maximum Gasteiger partial charge on any atom is 0.227 e. The van der Waals surface area contributed by atoms with Crippen molar-refractivity contribution in [2.24, 2.45) is 0 Å². The number of hydrogen-bond donors (Lipinski definition) is 0. The monoisotopic (exact) mass is 299 g/mol. The Bertz CT molecular complexity index is 351. The van der Waals surface area contributed by atoms with E-state index in [0.717, 1.165) is 29.7 Å². The number of ether oxygens (including phenoxy) is 1. The highest BCUT2D eigenvalue weighted by molar-refractivity contribution is 9.09. The lowest BCUT2D eigenvalue weighted by molar-refractivity contribution is -0.130. The Morgan fingerprint density at radius 2 is 2.00 bits per heavy atom. The van der Waals surface area contributed by atoms with E-state index in [2.05, 4.69) is 15.9 Å². The summed E-state index contributed by atoms with van der Waals surface area (Å²) < 4.78 is 5.08. The molecule has 94 valence electrons. The normalized spacial score (nSPS) is 10.1. The van der Waals surface area contributed by atoms with Crippen LogP contribution >= 0.6 is 15.9 Å². The van der Waals surface area contributed by atoms with Gasteiger partial charge in [0.1, 0.15) is 5.75 Å². The first-order valence-corrected chi connectivity index (χ1v) is 6.80. The highest BCUT2D eigenvalue weighted by Crippen LogP contribution is 2.12. The quantitative estimate of drug-likeness (QED) is 0.755. The Kier molecular flexibility index (Phi) is 6.05. The van der Waals surface area contributed by atoms with Gasteiger partial charge in [0.25, 0.3) is 0 Å². The molecule has 0 saturated carbocycles. The van der Waals surface area contributed by atoms with Gasteiger partial charge in [-0.3, -0.25) is 4.79 Å². The molecule has 4 heteroatoms. The molecule has 0 saturated heterocycles. The van der Waals surface area contributed by atoms with Crippen molar-refractivity contribution in [3.63, 3.8) is 0 Å². The number of nitrogens with zero attached hydrogens (tertiary/aromatic N) is 1. The Hall–Kier alpha value is -1.03. The molecule has 0 spiro atoms. The molecule has 0 aliphatic carbocycles. The van der Waals surface area contributed by atoms with Crippen LogP contribution in [0.5, 0.6) is 5.75 Å². The molecule has 0 aliphatic rings. The standard InChI is InChI=1S/C13H18BrNO2/c1-3-15(9-8-14)13(16)10-11-4-6-12(17-2)7-5-11/h4-7H,3,8-10H2,1-2H3. The van der Waals surface area contributed by atoms with Crippen LogP contribution in [0.2, 0.25) is 0 Å². The minimum Gasteiger partial charge on any atom is -0.497 e. The Labute approximate surface area is 111 Å². The van der Waals surface area contributed by atoms with E-state index in [4.69, 9.17) is 4.74 Å². The SMILES string of the molecule is CCN(CCBr)C(=O)Cc1ccc(OC)cc1. The van der Waals surface area contributed by atoms with E-state index < -0.39 is 0 Å². The zero-order valence-corrected chi connectivity index (χ0v) is 11.9. The van der Waals surface area contributed by atoms with Crippen molar-refractivity contribution in [3.05, 3.63) is 29.8 Å². The molecule has 0 radical (unpaired) electrons. The lowest BCUT2D eigenvalue weighted by atomic mass is 10.1. The van der Waals surface area contributed by atoms with Crippen molar-refractivity contribution >= 4 is 21.8 Å². The molecule has 1 aromatic carbocycles. The lowest BCUT2D eigenvalue weighted by Gasteiger charge is -2.19. The van der Waals surface area contributed by atoms with E-state index in [0.29, 0.717) is 6.42 Å². The van der Waals surface area contributed by atoms with Gasteiger partial charge >= 0.3 is 0 Å². The summed E-state index contributed by atoms with van der Waals surface area (Å²) >= 11 is 3.35. The topological polar surface area (TPSA) is 29.5 Å². The summed E-state index contributed by atoms with van der Waals surface area (Å²) in [6.45, 7) is 3.50. The van der Waals surface area contributed by atoms with Crippen molar-refractivity contribution < 1.29 is 9.53 Å². The summed E-state index contributed by atoms with van der Waals surface area (Å²) in [5, 5.41) is 0.815. The molecule has 0 heterocycles. The Balaban J connectivity index is 2.59. The predicted molar refractivity (Wildman–Crippen MR) is 72.7 cm³/mol. The molecule has 0 unspecified atom stereocenters. The van der Waals surface area contributed by atoms with Gasteiger partial charge < -0.3 is 9.64 Å². The number of methoxy groups -OCH3 is 1. The number of rotatable bonds is 6. The zero-order valence-electron chi connectivity index (χ0n) is 10.3. The summed E-state index contributed by atoms with van der Waals surface area (Å²) in [5.41, 5.74) is 1.02. The molecule has 0 aromatic heterocycles. The molecule has 1 amide bonds. The highest BCUT2D eigenvalue weighted by Gasteiger charge is 2.11. The average Bonchev–Trinajstić information content (AvgIpc) is 2.36. The van der Waals surface area contributed by atoms with Crippen LogP contribution < -0.4 is 4.74 Å². The van der Waals surface area contributed by atoms with Crippen LogP contribution in [0.15, 0.2) is 24.3 Å². The van der Waals surface area contributed by atoms with Gasteiger partial charge in [0.2, 0.25) is 5.91 Å². The zero-order chi connectivity index (χ0) is 12.7. The summed E-state index contributed by atoms with van der Waals surface area (Å²) in [5.74, 6) is 0.978. The maximum absolute atomic E-state index is 12.0. The highest BCUT2D eigenvalue weighted by atomic mass is 79.9. The fourth-order valence-corrected chi connectivity index (χ4v) is 2.02. The summed E-state index contributed by atoms with van der Waals surface area (Å²) in [6.07, 6.45) is 0.449. The summed E-state index contributed by atoms with van der Waals surface area (Å²) in [7, 11) is 1.63. The third-order valence-corrected chi connectivity index (χ3v) is 2.96. The first-order valence-electron chi connectivity index (χ1n) is 5.68. The lowest BCUT2D eigenvalue weighted by Crippen LogP contribution is -2.33. The molecular weight excluding hydrogens is 282 g/mol. The molecule has 17 heavy (non-hydrogen) atoms. The molecule has 0 fully saturated rings. The van der Waals surface area contributed by atoms with Crippen LogP contribution in [0.25, 0.3) is 0 Å². The van der Waals surface area contributed by atoms with E-state index >= 15 is 0 Å². The van der Waals surface area contributed by atoms with E-state index in [1.165, 1.54) is 0 Å². The molecule has 3 nitrogen and oxygen atoms in total. The van der Waals surface area contributed by atoms with Crippen molar-refractivity contribution in [2.45, 2.75) is 13.3 Å². The molecule has 0 aliphatic heterocycles. The first-order chi connectivity index (χ1) is 8.21. The van der Waals surface area contributed by atoms with Gasteiger partial charge in [-0.15, -0.1) is 0 Å². The van der Waals surface area contributed by atoms with Gasteiger partial charge in [-0.05, 0) is 24.6 Å². The second-order valence-electron chi connectivity index (χ2n) is 3.69. The van der Waals surface area contributed by atoms with Crippen LogP contribution in [0.3, 0.4) is 0 Å². The van der Waals surface area contributed by atoms with Gasteiger partial charge in [0.15, 0.2) is 0 Å². The predicted octanol–water partition coefficient (Wildman–Crippen LogP) is 2.48. The van der Waals surface area contributed by atoms with Crippen molar-refractivity contribution in [3.8, 4) is 5.75 Å². The van der Waals surface area contributed by atoms with E-state index in [1.807, 2.05) is 36.1 Å². The number of carbonyl (C=O) groups is 1. The number of alkyl halides is 1. The minimum atomic E-state index is 0.164. The van der Waals surface area contributed by atoms with Crippen LogP contribution in [-0.2, 0) is 11.2 Å². The maximum atomic E-state index is 12.0. The second kappa shape index (κ2) is 7.33. The molecule has 1 rings (SSSR count). The average molecular weight is 300 g/mol. The third kappa shape index (κ3) is 4.38. The number of carbonyl (C=O) groups excluding carboxylic acids is 1. The van der Waals surface area contributed by atoms with E-state index in [-0.39, 0.29) is 5.91 Å². The Morgan fingerprint density at radius 1 is 1.35 bits per heavy atom. The first kappa shape index (κ1) is 14.0. The molecule has 1 aromatic rings. The van der Waals surface area contributed by atoms with Crippen molar-refractivity contribution in [1.82, 2.24) is 4.90 Å². The van der Waals surface area contributed by atoms with Crippen LogP contribution in [0.4, 0.5) is 0 Å². The van der Waals surface area contributed by atoms with E-state index in [9.17, 15) is 4.79 Å². The van der Waals surface area contributed by atoms with Crippen molar-refractivity contribution in [2.75, 3.05) is 25.5 Å². The van der Waals surface area contributed by atoms with Gasteiger partial charge in [-0.2, -0.15) is 0 Å². The summed E-state index contributed by atoms with van der Waals surface area (Å²) in [6, 6.07) is 7.62. The number of halogens is 1. The largest absolute Gasteiger partial charge is 0.497 e. The van der Waals surface area contributed by atoms with Gasteiger partial charge in [-0.25, -0.2) is 0 Å². The molecule has 0 bridgehead atoms. The fourth-order valence-electron chi connectivity index (χ4n) is 1.59. The smallest absolute Gasteiger partial charge is 0.227 e. The van der Waals surface area contributed by atoms with Crippen molar-refractivity contribution in [1.29, 1.82) is 0 Å². The molecule has 0 N–H and O–H groups in total. The van der Waals surface area contributed by atoms with Crippen LogP contribution in [-0.4, -0.2) is 36.3 Å². The molecule has 0 atom stereocenters. The summed E-state index contributed by atoms with van der Waals surface area (Å²) in [4.78, 5) is 13.8. The van der Waals surface area contributed by atoms with Gasteiger partial charge in [0, 0.05) is 18.4 Å². The number of likely N-dealkylation sites (N-methyl/N-ethyl adjacent to an activating group) is 1. The number of hydrogen-bond acceptors (Lipinski definition) is 2. The van der Waals surface area contributed by atoms with Crippen LogP contribution in [0, 0.1) is 0 Å². The van der Waals surface area contributed by atoms with E-state index in [1.54, 1.807) is 7.11 Å². The fraction of sp³-hybridized carbons (Fsp3) is 0.462. The Morgan fingerprint density at radius 3 is 2.47 bits per heavy atom. The molecular formula is C13H18BrNO2. The van der Waals surface area contributed by atoms with Gasteiger partial charge in [-0.1, -0.05) is 28.1 Å². The van der Waals surface area contributed by atoms with Crippen LogP contribution in [0.1, 0.15) is 12.5 Å². The van der Waals surface area contributed by atoms with Gasteiger partial charge in [0.05, 0.1) is 13.5 Å². The third-order valence-electron chi connectivity index (χ3n) is 2.60.